The minimum atomic E-state index is 0.250. The van der Waals surface area contributed by atoms with Gasteiger partial charge in [0, 0.05) is 0 Å². The van der Waals surface area contributed by atoms with Gasteiger partial charge in [-0.1, -0.05) is 52.7 Å². The molecule has 1 aliphatic heterocycles. The van der Waals surface area contributed by atoms with Crippen molar-refractivity contribution in [1.82, 2.24) is 5.43 Å². The summed E-state index contributed by atoms with van der Waals surface area (Å²) in [6.45, 7) is 11.5. The molecule has 2 aliphatic rings. The van der Waals surface area contributed by atoms with E-state index in [0.717, 1.165) is 13.0 Å². The van der Waals surface area contributed by atoms with Gasteiger partial charge < -0.3 is 4.74 Å². The fraction of sp³-hybridized carbons (Fsp3) is 1.00. The van der Waals surface area contributed by atoms with Crippen LogP contribution >= 0.6 is 0 Å². The molecular formula is C15H31N3O. The lowest BCUT2D eigenvalue weighted by molar-refractivity contribution is -0.00881. The average molecular weight is 269 g/mol. The normalized spacial score (nSPS) is 30.5. The molecule has 0 radical (unpaired) electrons. The number of nitrogens with one attached hydrogen (secondary N) is 1. The van der Waals surface area contributed by atoms with Crippen molar-refractivity contribution in [1.29, 1.82) is 0 Å². The first kappa shape index (κ1) is 16.4. The molecule has 0 aromatic carbocycles. The van der Waals surface area contributed by atoms with Gasteiger partial charge in [-0.2, -0.15) is 5.11 Å². The van der Waals surface area contributed by atoms with Gasteiger partial charge in [0.1, 0.15) is 0 Å². The summed E-state index contributed by atoms with van der Waals surface area (Å²) in [6.07, 6.45) is 6.28. The molecule has 0 saturated heterocycles. The smallest absolute Gasteiger partial charge is 0.0948 e. The van der Waals surface area contributed by atoms with Crippen LogP contribution in [0.5, 0.6) is 0 Å². The third-order valence-corrected chi connectivity index (χ3v) is 3.44. The molecule has 1 N–H and O–H groups in total. The van der Waals surface area contributed by atoms with Crippen molar-refractivity contribution in [3.05, 3.63) is 0 Å². The summed E-state index contributed by atoms with van der Waals surface area (Å²) in [5.74, 6) is 0. The van der Waals surface area contributed by atoms with Crippen LogP contribution in [0.4, 0.5) is 0 Å². The fourth-order valence-electron chi connectivity index (χ4n) is 2.46. The van der Waals surface area contributed by atoms with E-state index in [1.165, 1.54) is 25.7 Å². The first-order chi connectivity index (χ1) is 9.04. The molecule has 0 aromatic rings. The van der Waals surface area contributed by atoms with Crippen LogP contribution in [0.3, 0.4) is 0 Å². The van der Waals surface area contributed by atoms with Crippen LogP contribution in [-0.2, 0) is 4.74 Å². The summed E-state index contributed by atoms with van der Waals surface area (Å²) in [6, 6.07) is 0.788. The van der Waals surface area contributed by atoms with Crippen LogP contribution in [-0.4, -0.2) is 24.8 Å². The van der Waals surface area contributed by atoms with Gasteiger partial charge in [-0.15, -0.1) is 0 Å². The quantitative estimate of drug-likeness (QED) is 0.819. The molecule has 1 heterocycles. The van der Waals surface area contributed by atoms with E-state index >= 15 is 0 Å². The Bertz CT molecular complexity index is 273. The number of hydrogen-bond acceptors (Lipinski definition) is 4. The standard InChI is InChI=1S/C13H25N3O.C2H6/c1-13(2,3)9-17-10-6-4-5-7-11-12(8-10)15-16-14-11;1-2/h10-12H,4-9H2,1-3H3,(H,14,15);1-2H3. The highest BCUT2D eigenvalue weighted by Crippen LogP contribution is 2.26. The van der Waals surface area contributed by atoms with Gasteiger partial charge >= 0.3 is 0 Å². The highest BCUT2D eigenvalue weighted by atomic mass is 16.5. The molecule has 0 aromatic heterocycles. The second kappa shape index (κ2) is 7.83. The molecule has 2 rings (SSSR count). The summed E-state index contributed by atoms with van der Waals surface area (Å²) < 4.78 is 6.07. The number of nitrogens with zero attached hydrogens (tertiary/aromatic N) is 2. The number of ether oxygens (including phenoxy) is 1. The molecule has 3 atom stereocenters. The van der Waals surface area contributed by atoms with Gasteiger partial charge in [-0.05, 0) is 24.7 Å². The van der Waals surface area contributed by atoms with E-state index in [0.29, 0.717) is 18.2 Å². The molecule has 0 bridgehead atoms. The predicted molar refractivity (Wildman–Crippen MR) is 79.2 cm³/mol. The highest BCUT2D eigenvalue weighted by molar-refractivity contribution is 4.88. The predicted octanol–water partition coefficient (Wildman–Crippen LogP) is 4.12. The Morgan fingerprint density at radius 1 is 1.16 bits per heavy atom. The van der Waals surface area contributed by atoms with Crippen LogP contribution in [0, 0.1) is 5.41 Å². The molecule has 0 amide bonds. The first-order valence-electron chi connectivity index (χ1n) is 7.81. The second-order valence-electron chi connectivity index (χ2n) is 6.53. The number of hydrogen-bond donors (Lipinski definition) is 1. The van der Waals surface area contributed by atoms with Gasteiger partial charge in [-0.25, -0.2) is 0 Å². The lowest BCUT2D eigenvalue weighted by Gasteiger charge is -2.29. The SMILES string of the molecule is CC.CC(C)(C)COC1CCCCC2N=NNC2C1. The van der Waals surface area contributed by atoms with E-state index in [4.69, 9.17) is 4.74 Å². The van der Waals surface area contributed by atoms with E-state index in [9.17, 15) is 0 Å². The van der Waals surface area contributed by atoms with Gasteiger partial charge in [0.05, 0.1) is 24.8 Å². The van der Waals surface area contributed by atoms with Crippen LogP contribution in [0.2, 0.25) is 0 Å². The maximum atomic E-state index is 6.07. The zero-order valence-electron chi connectivity index (χ0n) is 13.3. The van der Waals surface area contributed by atoms with Crippen LogP contribution in [0.1, 0.15) is 66.7 Å². The summed E-state index contributed by atoms with van der Waals surface area (Å²) in [5.41, 5.74) is 3.38. The molecular weight excluding hydrogens is 238 g/mol. The number of fused-ring (bicyclic) bond motifs is 1. The zero-order chi connectivity index (χ0) is 14.3. The van der Waals surface area contributed by atoms with Crippen LogP contribution in [0.15, 0.2) is 10.3 Å². The van der Waals surface area contributed by atoms with E-state index < -0.39 is 0 Å². The third kappa shape index (κ3) is 5.89. The molecule has 4 nitrogen and oxygen atoms in total. The van der Waals surface area contributed by atoms with E-state index in [1.807, 2.05) is 13.8 Å². The lowest BCUT2D eigenvalue weighted by Crippen LogP contribution is -2.37. The lowest BCUT2D eigenvalue weighted by atomic mass is 9.91. The molecule has 19 heavy (non-hydrogen) atoms. The summed E-state index contributed by atoms with van der Waals surface area (Å²) in [7, 11) is 0. The minimum Gasteiger partial charge on any atom is -0.378 e. The molecule has 112 valence electrons. The molecule has 0 spiro atoms. The van der Waals surface area contributed by atoms with Crippen molar-refractivity contribution in [3.63, 3.8) is 0 Å². The average Bonchev–Trinajstić information content (AvgIpc) is 2.75. The highest BCUT2D eigenvalue weighted by Gasteiger charge is 2.30. The van der Waals surface area contributed by atoms with Gasteiger partial charge in [-0.3, -0.25) is 5.43 Å². The summed E-state index contributed by atoms with van der Waals surface area (Å²) in [4.78, 5) is 0. The minimum absolute atomic E-state index is 0.250. The zero-order valence-corrected chi connectivity index (χ0v) is 13.3. The van der Waals surface area contributed by atoms with E-state index in [2.05, 4.69) is 36.5 Å². The Hall–Kier alpha value is -0.640. The summed E-state index contributed by atoms with van der Waals surface area (Å²) in [5, 5.41) is 8.23. The van der Waals surface area contributed by atoms with Crippen molar-refractivity contribution in [2.45, 2.75) is 84.9 Å². The van der Waals surface area contributed by atoms with Gasteiger partial charge in [0.2, 0.25) is 0 Å². The largest absolute Gasteiger partial charge is 0.378 e. The monoisotopic (exact) mass is 269 g/mol. The van der Waals surface area contributed by atoms with E-state index in [-0.39, 0.29) is 5.41 Å². The van der Waals surface area contributed by atoms with Crippen molar-refractivity contribution in [3.8, 4) is 0 Å². The number of rotatable bonds is 2. The van der Waals surface area contributed by atoms with Crippen LogP contribution < -0.4 is 5.43 Å². The van der Waals surface area contributed by atoms with Gasteiger partial charge in [0.25, 0.3) is 0 Å². The Labute approximate surface area is 118 Å². The van der Waals surface area contributed by atoms with Crippen molar-refractivity contribution < 1.29 is 4.74 Å². The maximum Gasteiger partial charge on any atom is 0.0948 e. The summed E-state index contributed by atoms with van der Waals surface area (Å²) >= 11 is 0. The topological polar surface area (TPSA) is 46.0 Å². The Morgan fingerprint density at radius 3 is 2.53 bits per heavy atom. The molecule has 1 saturated carbocycles. The molecule has 1 aliphatic carbocycles. The maximum absolute atomic E-state index is 6.07. The molecule has 4 heteroatoms. The van der Waals surface area contributed by atoms with Crippen molar-refractivity contribution in [2.75, 3.05) is 6.61 Å². The molecule has 3 unspecified atom stereocenters. The van der Waals surface area contributed by atoms with Crippen molar-refractivity contribution in [2.24, 2.45) is 15.8 Å². The Balaban J connectivity index is 0.000000861. The molecule has 1 fully saturated rings. The van der Waals surface area contributed by atoms with Crippen LogP contribution in [0.25, 0.3) is 0 Å². The first-order valence-corrected chi connectivity index (χ1v) is 7.81. The third-order valence-electron chi connectivity index (χ3n) is 3.44. The van der Waals surface area contributed by atoms with E-state index in [1.54, 1.807) is 0 Å². The Morgan fingerprint density at radius 2 is 1.84 bits per heavy atom. The second-order valence-corrected chi connectivity index (χ2v) is 6.53. The fourth-order valence-corrected chi connectivity index (χ4v) is 2.46. The Kier molecular flexibility index (Phi) is 6.76. The van der Waals surface area contributed by atoms with Gasteiger partial charge in [0.15, 0.2) is 0 Å². The van der Waals surface area contributed by atoms with Crippen molar-refractivity contribution >= 4 is 0 Å².